The average molecular weight is 289 g/mol. The molecular formula is C15H21N4O2. The van der Waals surface area contributed by atoms with Crippen LogP contribution in [0.25, 0.3) is 11.2 Å². The van der Waals surface area contributed by atoms with Crippen LogP contribution in [0.3, 0.4) is 0 Å². The van der Waals surface area contributed by atoms with Crippen LogP contribution in [0.4, 0.5) is 0 Å². The van der Waals surface area contributed by atoms with E-state index in [1.165, 1.54) is 23.8 Å². The average Bonchev–Trinajstić information content (AvgIpc) is 2.98. The molecule has 113 valence electrons. The van der Waals surface area contributed by atoms with E-state index in [1.807, 2.05) is 6.92 Å². The second-order valence-corrected chi connectivity index (χ2v) is 5.90. The summed E-state index contributed by atoms with van der Waals surface area (Å²) in [5, 5.41) is 0. The maximum absolute atomic E-state index is 12.6. The molecule has 0 spiro atoms. The summed E-state index contributed by atoms with van der Waals surface area (Å²) < 4.78 is 2.99. The third kappa shape index (κ3) is 2.54. The zero-order chi connectivity index (χ0) is 14.8. The fraction of sp³-hybridized carbons (Fsp3) is 0.667. The summed E-state index contributed by atoms with van der Waals surface area (Å²) in [6.07, 6.45) is 9.27. The van der Waals surface area contributed by atoms with Gasteiger partial charge in [0.25, 0.3) is 5.56 Å². The largest absolute Gasteiger partial charge is 0.332 e. The van der Waals surface area contributed by atoms with Crippen LogP contribution in [0, 0.1) is 12.2 Å². The van der Waals surface area contributed by atoms with Crippen molar-refractivity contribution in [3.8, 4) is 0 Å². The number of fused-ring (bicyclic) bond motifs is 1. The Balaban J connectivity index is 2.08. The van der Waals surface area contributed by atoms with Gasteiger partial charge in [0.15, 0.2) is 11.8 Å². The van der Waals surface area contributed by atoms with E-state index < -0.39 is 0 Å². The Bertz CT molecular complexity index is 734. The molecule has 0 atom stereocenters. The van der Waals surface area contributed by atoms with Gasteiger partial charge >= 0.3 is 5.69 Å². The predicted molar refractivity (Wildman–Crippen MR) is 80.3 cm³/mol. The first-order chi connectivity index (χ1) is 10.2. The molecule has 0 amide bonds. The SMILES string of the molecule is CCCn1c(=O)n(CC2CCCCC2)c(=O)c2n[c][nH]c21. The standard InChI is InChI=1S/C15H21N4O2/c1-2-8-18-13-12(16-10-17-13)14(20)19(15(18)21)9-11-6-4-3-5-7-11/h11H,2-9H2,1H3,(H,16,17). The summed E-state index contributed by atoms with van der Waals surface area (Å²) >= 11 is 0. The minimum atomic E-state index is -0.287. The molecule has 1 saturated carbocycles. The van der Waals surface area contributed by atoms with Crippen molar-refractivity contribution in [2.24, 2.45) is 5.92 Å². The van der Waals surface area contributed by atoms with Gasteiger partial charge in [0.1, 0.15) is 5.65 Å². The maximum Gasteiger partial charge on any atom is 0.332 e. The number of hydrogen-bond donors (Lipinski definition) is 1. The van der Waals surface area contributed by atoms with Crippen LogP contribution in [0.5, 0.6) is 0 Å². The molecule has 2 aromatic heterocycles. The van der Waals surface area contributed by atoms with Crippen LogP contribution in [0.2, 0.25) is 0 Å². The molecule has 2 aromatic rings. The van der Waals surface area contributed by atoms with Gasteiger partial charge in [-0.1, -0.05) is 26.2 Å². The van der Waals surface area contributed by atoms with Crippen molar-refractivity contribution in [3.63, 3.8) is 0 Å². The van der Waals surface area contributed by atoms with E-state index in [0.717, 1.165) is 19.3 Å². The maximum atomic E-state index is 12.6. The van der Waals surface area contributed by atoms with Gasteiger partial charge in [0.05, 0.1) is 0 Å². The van der Waals surface area contributed by atoms with Gasteiger partial charge in [-0.3, -0.25) is 13.9 Å². The van der Waals surface area contributed by atoms with Crippen LogP contribution < -0.4 is 11.2 Å². The van der Waals surface area contributed by atoms with Gasteiger partial charge in [-0.15, -0.1) is 0 Å². The van der Waals surface area contributed by atoms with Crippen LogP contribution in [0.1, 0.15) is 45.4 Å². The Morgan fingerprint density at radius 3 is 2.71 bits per heavy atom. The van der Waals surface area contributed by atoms with E-state index in [2.05, 4.69) is 16.3 Å². The molecule has 0 aliphatic heterocycles. The van der Waals surface area contributed by atoms with Crippen LogP contribution in [-0.2, 0) is 13.1 Å². The van der Waals surface area contributed by atoms with Gasteiger partial charge in [-0.25, -0.2) is 9.78 Å². The van der Waals surface area contributed by atoms with E-state index in [4.69, 9.17) is 0 Å². The van der Waals surface area contributed by atoms with Crippen molar-refractivity contribution < 1.29 is 0 Å². The number of rotatable bonds is 4. The highest BCUT2D eigenvalue weighted by Gasteiger charge is 2.19. The van der Waals surface area contributed by atoms with Crippen molar-refractivity contribution in [3.05, 3.63) is 27.2 Å². The second kappa shape index (κ2) is 5.87. The molecule has 0 aromatic carbocycles. The number of aryl methyl sites for hydroxylation is 1. The van der Waals surface area contributed by atoms with Crippen LogP contribution in [0.15, 0.2) is 9.59 Å². The molecule has 6 heteroatoms. The summed E-state index contributed by atoms with van der Waals surface area (Å²) in [6.45, 7) is 3.11. The van der Waals surface area contributed by atoms with Gasteiger partial charge < -0.3 is 4.98 Å². The van der Waals surface area contributed by atoms with E-state index in [0.29, 0.717) is 30.2 Å². The monoisotopic (exact) mass is 289 g/mol. The molecule has 3 rings (SSSR count). The highest BCUT2D eigenvalue weighted by atomic mass is 16.2. The lowest BCUT2D eigenvalue weighted by molar-refractivity contribution is 0.309. The quantitative estimate of drug-likeness (QED) is 0.930. The fourth-order valence-electron chi connectivity index (χ4n) is 3.27. The number of aromatic amines is 1. The third-order valence-electron chi connectivity index (χ3n) is 4.36. The first-order valence-electron chi connectivity index (χ1n) is 7.81. The summed E-state index contributed by atoms with van der Waals surface area (Å²) in [4.78, 5) is 31.9. The van der Waals surface area contributed by atoms with Gasteiger partial charge in [-0.2, -0.15) is 0 Å². The summed E-state index contributed by atoms with van der Waals surface area (Å²) in [5.41, 5.74) is 0.300. The topological polar surface area (TPSA) is 72.7 Å². The Morgan fingerprint density at radius 2 is 2.00 bits per heavy atom. The van der Waals surface area contributed by atoms with E-state index >= 15 is 0 Å². The second-order valence-electron chi connectivity index (χ2n) is 5.90. The first-order valence-corrected chi connectivity index (χ1v) is 7.81. The smallest absolute Gasteiger partial charge is 0.321 e. The number of H-pyrrole nitrogens is 1. The lowest BCUT2D eigenvalue weighted by atomic mass is 9.89. The van der Waals surface area contributed by atoms with Crippen molar-refractivity contribution >= 4 is 11.2 Å². The van der Waals surface area contributed by atoms with Gasteiger partial charge in [0.2, 0.25) is 0 Å². The molecule has 0 bridgehead atoms. The van der Waals surface area contributed by atoms with Gasteiger partial charge in [0, 0.05) is 13.1 Å². The zero-order valence-corrected chi connectivity index (χ0v) is 12.4. The Morgan fingerprint density at radius 1 is 1.24 bits per heavy atom. The molecule has 6 nitrogen and oxygen atoms in total. The summed E-state index contributed by atoms with van der Waals surface area (Å²) in [5.74, 6) is 0.430. The molecule has 21 heavy (non-hydrogen) atoms. The van der Waals surface area contributed by atoms with E-state index in [1.54, 1.807) is 4.57 Å². The van der Waals surface area contributed by atoms with Crippen LogP contribution in [-0.4, -0.2) is 19.1 Å². The molecule has 1 N–H and O–H groups in total. The van der Waals surface area contributed by atoms with E-state index in [9.17, 15) is 9.59 Å². The predicted octanol–water partition coefficient (Wildman–Crippen LogP) is 1.68. The van der Waals surface area contributed by atoms with Crippen molar-refractivity contribution in [1.29, 1.82) is 0 Å². The van der Waals surface area contributed by atoms with Gasteiger partial charge in [-0.05, 0) is 25.2 Å². The minimum absolute atomic E-state index is 0.224. The third-order valence-corrected chi connectivity index (χ3v) is 4.36. The number of hydrogen-bond acceptors (Lipinski definition) is 3. The zero-order valence-electron chi connectivity index (χ0n) is 12.4. The molecule has 1 fully saturated rings. The summed E-state index contributed by atoms with van der Waals surface area (Å²) in [6, 6.07) is 0. The van der Waals surface area contributed by atoms with Crippen molar-refractivity contribution in [2.45, 2.75) is 58.5 Å². The highest BCUT2D eigenvalue weighted by Crippen LogP contribution is 2.24. The van der Waals surface area contributed by atoms with E-state index in [-0.39, 0.29) is 11.2 Å². The molecule has 2 heterocycles. The molecule has 1 aliphatic rings. The molecule has 0 saturated heterocycles. The molecule has 1 radical (unpaired) electrons. The number of nitrogens with zero attached hydrogens (tertiary/aromatic N) is 3. The molecular weight excluding hydrogens is 268 g/mol. The Labute approximate surface area is 122 Å². The normalized spacial score (nSPS) is 16.6. The Hall–Kier alpha value is -1.85. The summed E-state index contributed by atoms with van der Waals surface area (Å²) in [7, 11) is 0. The van der Waals surface area contributed by atoms with Crippen LogP contribution >= 0.6 is 0 Å². The highest BCUT2D eigenvalue weighted by molar-refractivity contribution is 5.68. The number of aromatic nitrogens is 4. The lowest BCUT2D eigenvalue weighted by Crippen LogP contribution is -2.41. The van der Waals surface area contributed by atoms with Crippen molar-refractivity contribution in [1.82, 2.24) is 19.1 Å². The number of imidazole rings is 1. The fourth-order valence-corrected chi connectivity index (χ4v) is 3.27. The first kappa shape index (κ1) is 14.1. The molecule has 1 aliphatic carbocycles. The van der Waals surface area contributed by atoms with Crippen molar-refractivity contribution in [2.75, 3.05) is 0 Å². The lowest BCUT2D eigenvalue weighted by Gasteiger charge is -2.22. The minimum Gasteiger partial charge on any atom is -0.321 e. The number of nitrogens with one attached hydrogen (secondary N) is 1. The Kier molecular flexibility index (Phi) is 3.94. The molecule has 0 unspecified atom stereocenters.